The van der Waals surface area contributed by atoms with E-state index in [-0.39, 0.29) is 0 Å². The van der Waals surface area contributed by atoms with E-state index in [0.717, 1.165) is 31.1 Å². The Kier molecular flexibility index (Phi) is 12.5. The summed E-state index contributed by atoms with van der Waals surface area (Å²) in [5.74, 6) is 1.95. The molecule has 0 aliphatic carbocycles. The second-order valence-electron chi connectivity index (χ2n) is 8.80. The normalized spacial score (nSPS) is 13.2. The average Bonchev–Trinajstić information content (AvgIpc) is 3.19. The maximum Gasteiger partial charge on any atom is 0.152 e. The van der Waals surface area contributed by atoms with E-state index in [4.69, 9.17) is 21.3 Å². The van der Waals surface area contributed by atoms with Crippen molar-refractivity contribution < 1.29 is 4.74 Å². The van der Waals surface area contributed by atoms with Gasteiger partial charge < -0.3 is 9.30 Å². The van der Waals surface area contributed by atoms with Crippen LogP contribution in [0.3, 0.4) is 0 Å². The molecule has 2 heterocycles. The molecule has 1 aromatic heterocycles. The minimum absolute atomic E-state index is 0.680. The number of benzene rings is 2. The van der Waals surface area contributed by atoms with Crippen molar-refractivity contribution in [1.82, 2.24) is 14.5 Å². The van der Waals surface area contributed by atoms with Gasteiger partial charge in [0.2, 0.25) is 0 Å². The van der Waals surface area contributed by atoms with Crippen LogP contribution in [0.4, 0.5) is 0 Å². The van der Waals surface area contributed by atoms with Crippen molar-refractivity contribution in [1.29, 1.82) is 0 Å². The van der Waals surface area contributed by atoms with Crippen molar-refractivity contribution in [2.75, 3.05) is 20.2 Å². The maximum atomic E-state index is 6.64. The van der Waals surface area contributed by atoms with E-state index >= 15 is 0 Å². The monoisotopic (exact) mass is 493 g/mol. The number of methoxy groups -OCH3 is 1. The number of terminal acetylenes is 1. The number of hydrogen-bond donors (Lipinski definition) is 0. The lowest BCUT2D eigenvalue weighted by Crippen LogP contribution is -2.30. The predicted octanol–water partition coefficient (Wildman–Crippen LogP) is 7.55. The lowest BCUT2D eigenvalue weighted by atomic mass is 10.0. The summed E-state index contributed by atoms with van der Waals surface area (Å²) in [7, 11) is 1.66. The maximum absolute atomic E-state index is 6.64. The van der Waals surface area contributed by atoms with Crippen molar-refractivity contribution in [3.05, 3.63) is 70.5 Å². The number of imidazole rings is 1. The van der Waals surface area contributed by atoms with Gasteiger partial charge in [-0.05, 0) is 69.5 Å². The van der Waals surface area contributed by atoms with Crippen LogP contribution in [0.2, 0.25) is 5.15 Å². The van der Waals surface area contributed by atoms with Gasteiger partial charge >= 0.3 is 0 Å². The summed E-state index contributed by atoms with van der Waals surface area (Å²) in [4.78, 5) is 7.35. The SMILES string of the molecule is C#C.CCCCn1c(-c2c(C)cccc2C)nc(Cl)c1CN1CCCCC1.COc1ccccc1. The highest BCUT2D eigenvalue weighted by molar-refractivity contribution is 6.30. The first-order valence-corrected chi connectivity index (χ1v) is 12.9. The summed E-state index contributed by atoms with van der Waals surface area (Å²) in [5, 5.41) is 0.680. The van der Waals surface area contributed by atoms with Crippen LogP contribution in [-0.2, 0) is 13.1 Å². The van der Waals surface area contributed by atoms with Crippen LogP contribution in [0, 0.1) is 26.7 Å². The largest absolute Gasteiger partial charge is 0.497 e. The smallest absolute Gasteiger partial charge is 0.152 e. The highest BCUT2D eigenvalue weighted by Gasteiger charge is 2.22. The van der Waals surface area contributed by atoms with Crippen molar-refractivity contribution in [3.63, 3.8) is 0 Å². The lowest BCUT2D eigenvalue weighted by molar-refractivity contribution is 0.216. The molecule has 0 spiro atoms. The predicted molar refractivity (Wildman–Crippen MR) is 149 cm³/mol. The van der Waals surface area contributed by atoms with Gasteiger partial charge in [0, 0.05) is 18.7 Å². The van der Waals surface area contributed by atoms with E-state index < -0.39 is 0 Å². The van der Waals surface area contributed by atoms with Crippen LogP contribution < -0.4 is 4.74 Å². The molecule has 0 saturated carbocycles. The number of nitrogens with zero attached hydrogens (tertiary/aromatic N) is 3. The third-order valence-electron chi connectivity index (χ3n) is 6.26. The Balaban J connectivity index is 0.000000363. The molecule has 0 bridgehead atoms. The Bertz CT molecular complexity index is 1020. The van der Waals surface area contributed by atoms with Crippen molar-refractivity contribution in [2.45, 2.75) is 66.0 Å². The molecular weight excluding hydrogens is 454 g/mol. The molecule has 1 aliphatic rings. The van der Waals surface area contributed by atoms with Gasteiger partial charge in [-0.2, -0.15) is 0 Å². The topological polar surface area (TPSA) is 30.3 Å². The summed E-state index contributed by atoms with van der Waals surface area (Å²) in [6, 6.07) is 16.1. The highest BCUT2D eigenvalue weighted by Crippen LogP contribution is 2.32. The van der Waals surface area contributed by atoms with Gasteiger partial charge in [-0.15, -0.1) is 12.8 Å². The Morgan fingerprint density at radius 1 is 0.943 bits per heavy atom. The molecule has 4 rings (SSSR count). The van der Waals surface area contributed by atoms with Crippen molar-refractivity contribution in [2.24, 2.45) is 0 Å². The Labute approximate surface area is 217 Å². The van der Waals surface area contributed by atoms with E-state index in [0.29, 0.717) is 5.15 Å². The van der Waals surface area contributed by atoms with E-state index in [2.05, 4.69) is 61.3 Å². The summed E-state index contributed by atoms with van der Waals surface area (Å²) in [6.45, 7) is 10.8. The number of aromatic nitrogens is 2. The number of likely N-dealkylation sites (tertiary alicyclic amines) is 1. The number of rotatable bonds is 7. The summed E-state index contributed by atoms with van der Waals surface area (Å²) < 4.78 is 7.30. The Morgan fingerprint density at radius 2 is 1.57 bits per heavy atom. The average molecular weight is 494 g/mol. The third-order valence-corrected chi connectivity index (χ3v) is 6.57. The van der Waals surface area contributed by atoms with Gasteiger partial charge in [0.15, 0.2) is 5.15 Å². The van der Waals surface area contributed by atoms with Crippen molar-refractivity contribution in [3.8, 4) is 30.0 Å². The van der Waals surface area contributed by atoms with Crippen LogP contribution in [0.15, 0.2) is 48.5 Å². The standard InChI is InChI=1S/C21H30ClN3.C7H8O.C2H2/c1-4-5-14-25-18(15-24-12-7-6-8-13-24)20(22)23-21(25)19-16(2)10-9-11-17(19)3;1-8-7-5-3-2-4-6-7;1-2/h9-11H,4-8,12-15H2,1-3H3;2-6H,1H3;1-2H. The fraction of sp³-hybridized carbons (Fsp3) is 0.433. The minimum atomic E-state index is 0.680. The molecule has 0 N–H and O–H groups in total. The fourth-order valence-corrected chi connectivity index (χ4v) is 4.65. The molecule has 0 amide bonds. The van der Waals surface area contributed by atoms with E-state index in [1.54, 1.807) is 7.11 Å². The quantitative estimate of drug-likeness (QED) is 0.318. The lowest BCUT2D eigenvalue weighted by Gasteiger charge is -2.27. The number of aryl methyl sites for hydroxylation is 2. The minimum Gasteiger partial charge on any atom is -0.497 e. The van der Waals surface area contributed by atoms with Gasteiger partial charge in [-0.3, -0.25) is 4.90 Å². The third kappa shape index (κ3) is 8.16. The molecule has 1 aliphatic heterocycles. The van der Waals surface area contributed by atoms with Gasteiger partial charge in [0.1, 0.15) is 11.6 Å². The molecular formula is C30H40ClN3O. The van der Waals surface area contributed by atoms with Gasteiger partial charge in [0.05, 0.1) is 12.8 Å². The Morgan fingerprint density at radius 3 is 2.11 bits per heavy atom. The van der Waals surface area contributed by atoms with Crippen LogP contribution in [-0.4, -0.2) is 34.7 Å². The fourth-order valence-electron chi connectivity index (χ4n) is 4.41. The van der Waals surface area contributed by atoms with E-state index in [9.17, 15) is 0 Å². The van der Waals surface area contributed by atoms with E-state index in [1.165, 1.54) is 61.2 Å². The zero-order valence-electron chi connectivity index (χ0n) is 21.8. The van der Waals surface area contributed by atoms with E-state index in [1.807, 2.05) is 30.3 Å². The second-order valence-corrected chi connectivity index (χ2v) is 9.16. The first-order valence-electron chi connectivity index (χ1n) is 12.5. The first-order chi connectivity index (χ1) is 17.0. The molecule has 3 aromatic rings. The zero-order valence-corrected chi connectivity index (χ0v) is 22.5. The van der Waals surface area contributed by atoms with Gasteiger partial charge in [-0.25, -0.2) is 4.98 Å². The van der Waals surface area contributed by atoms with Crippen LogP contribution >= 0.6 is 11.6 Å². The molecule has 1 fully saturated rings. The number of hydrogen-bond acceptors (Lipinski definition) is 3. The van der Waals surface area contributed by atoms with Crippen LogP contribution in [0.5, 0.6) is 5.75 Å². The second kappa shape index (κ2) is 15.3. The molecule has 0 radical (unpaired) electrons. The molecule has 0 atom stereocenters. The summed E-state index contributed by atoms with van der Waals surface area (Å²) in [6.07, 6.45) is 14.3. The molecule has 4 nitrogen and oxygen atoms in total. The molecule has 35 heavy (non-hydrogen) atoms. The number of unbranched alkanes of at least 4 members (excludes halogenated alkanes) is 1. The number of ether oxygens (including phenoxy) is 1. The summed E-state index contributed by atoms with van der Waals surface area (Å²) >= 11 is 6.64. The summed E-state index contributed by atoms with van der Waals surface area (Å²) in [5.41, 5.74) is 4.97. The molecule has 5 heteroatoms. The zero-order chi connectivity index (χ0) is 25.6. The van der Waals surface area contributed by atoms with Gasteiger partial charge in [0.25, 0.3) is 0 Å². The first kappa shape index (κ1) is 28.5. The number of para-hydroxylation sites is 1. The van der Waals surface area contributed by atoms with Crippen LogP contribution in [0.25, 0.3) is 11.4 Å². The molecule has 188 valence electrons. The molecule has 0 unspecified atom stereocenters. The van der Waals surface area contributed by atoms with Crippen molar-refractivity contribution >= 4 is 11.6 Å². The van der Waals surface area contributed by atoms with Crippen LogP contribution in [0.1, 0.15) is 55.8 Å². The molecule has 2 aromatic carbocycles. The Hall–Kier alpha value is -2.74. The van der Waals surface area contributed by atoms with Gasteiger partial charge in [-0.1, -0.05) is 67.8 Å². The highest BCUT2D eigenvalue weighted by atomic mass is 35.5. The number of piperidine rings is 1. The molecule has 1 saturated heterocycles. The number of halogens is 1.